The summed E-state index contributed by atoms with van der Waals surface area (Å²) in [4.78, 5) is 10.7. The van der Waals surface area contributed by atoms with Gasteiger partial charge in [-0.05, 0) is 43.0 Å². The van der Waals surface area contributed by atoms with Gasteiger partial charge in [0.2, 0.25) is 5.95 Å². The fourth-order valence-corrected chi connectivity index (χ4v) is 2.52. The van der Waals surface area contributed by atoms with E-state index in [1.54, 1.807) is 18.5 Å². The van der Waals surface area contributed by atoms with E-state index in [2.05, 4.69) is 9.97 Å². The van der Waals surface area contributed by atoms with Gasteiger partial charge in [-0.1, -0.05) is 6.07 Å². The van der Waals surface area contributed by atoms with Gasteiger partial charge >= 0.3 is 0 Å². The molecule has 0 bridgehead atoms. The first kappa shape index (κ1) is 13.0. The topological polar surface area (TPSA) is 55.0 Å². The van der Waals surface area contributed by atoms with Crippen LogP contribution < -0.4 is 10.6 Å². The average molecular weight is 272 g/mol. The fourth-order valence-electron chi connectivity index (χ4n) is 2.52. The molecule has 0 fully saturated rings. The van der Waals surface area contributed by atoms with Crippen molar-refractivity contribution in [3.63, 3.8) is 0 Å². The minimum atomic E-state index is -0.232. The predicted molar refractivity (Wildman–Crippen MR) is 76.5 cm³/mol. The monoisotopic (exact) mass is 272 g/mol. The van der Waals surface area contributed by atoms with E-state index in [9.17, 15) is 4.39 Å². The number of nitrogens with zero attached hydrogens (tertiary/aromatic N) is 3. The Morgan fingerprint density at radius 3 is 2.80 bits per heavy atom. The summed E-state index contributed by atoms with van der Waals surface area (Å²) in [7, 11) is 0. The number of fused-ring (bicyclic) bond motifs is 1. The van der Waals surface area contributed by atoms with Crippen LogP contribution in [0.1, 0.15) is 18.1 Å². The lowest BCUT2D eigenvalue weighted by Crippen LogP contribution is -2.19. The Morgan fingerprint density at radius 2 is 2.10 bits per heavy atom. The number of benzene rings is 1. The zero-order chi connectivity index (χ0) is 14.1. The molecule has 104 valence electrons. The molecular weight excluding hydrogens is 255 g/mol. The Hall–Kier alpha value is -2.01. The highest BCUT2D eigenvalue weighted by Gasteiger charge is 2.22. The van der Waals surface area contributed by atoms with E-state index < -0.39 is 0 Å². The van der Waals surface area contributed by atoms with E-state index in [-0.39, 0.29) is 11.9 Å². The van der Waals surface area contributed by atoms with Crippen LogP contribution in [0.2, 0.25) is 0 Å². The van der Waals surface area contributed by atoms with Gasteiger partial charge in [0.05, 0.1) is 5.69 Å². The van der Waals surface area contributed by atoms with Gasteiger partial charge in [-0.3, -0.25) is 0 Å². The highest BCUT2D eigenvalue weighted by atomic mass is 19.1. The third-order valence-electron chi connectivity index (χ3n) is 3.43. The van der Waals surface area contributed by atoms with Gasteiger partial charge in [0, 0.05) is 25.0 Å². The van der Waals surface area contributed by atoms with Crippen molar-refractivity contribution in [2.45, 2.75) is 25.8 Å². The molecule has 0 saturated heterocycles. The summed E-state index contributed by atoms with van der Waals surface area (Å²) in [5, 5.41) is 0. The van der Waals surface area contributed by atoms with E-state index in [1.807, 2.05) is 17.9 Å². The van der Waals surface area contributed by atoms with Crippen molar-refractivity contribution in [1.29, 1.82) is 0 Å². The Kier molecular flexibility index (Phi) is 3.36. The minimum Gasteiger partial charge on any atom is -0.328 e. The molecule has 0 amide bonds. The molecule has 4 nitrogen and oxygen atoms in total. The first-order valence-electron chi connectivity index (χ1n) is 6.76. The first-order chi connectivity index (χ1) is 9.63. The van der Waals surface area contributed by atoms with Crippen molar-refractivity contribution in [3.8, 4) is 0 Å². The number of halogens is 1. The largest absolute Gasteiger partial charge is 0.328 e. The molecule has 0 spiro atoms. The molecule has 1 aliphatic heterocycles. The van der Waals surface area contributed by atoms with Crippen LogP contribution in [-0.4, -0.2) is 22.6 Å². The first-order valence-corrected chi connectivity index (χ1v) is 6.76. The van der Waals surface area contributed by atoms with Crippen LogP contribution in [0.25, 0.3) is 0 Å². The lowest BCUT2D eigenvalue weighted by atomic mass is 10.1. The zero-order valence-electron chi connectivity index (χ0n) is 11.4. The molecule has 1 aromatic carbocycles. The number of nitrogens with two attached hydrogens (primary N) is 1. The fraction of sp³-hybridized carbons (Fsp3) is 0.333. The second-order valence-corrected chi connectivity index (χ2v) is 5.25. The van der Waals surface area contributed by atoms with E-state index in [0.717, 1.165) is 36.2 Å². The highest BCUT2D eigenvalue weighted by molar-refractivity contribution is 5.65. The molecule has 2 N–H and O–H groups in total. The molecule has 3 rings (SSSR count). The SMILES string of the molecule is CC(N)Cc1cnc(N2CCc3ccc(F)cc32)nc1. The normalized spacial score (nSPS) is 15.2. The Balaban J connectivity index is 1.86. The molecule has 0 saturated carbocycles. The van der Waals surface area contributed by atoms with E-state index in [0.29, 0.717) is 5.95 Å². The molecule has 2 aromatic rings. The summed E-state index contributed by atoms with van der Waals surface area (Å²) < 4.78 is 13.4. The molecule has 20 heavy (non-hydrogen) atoms. The van der Waals surface area contributed by atoms with Crippen LogP contribution in [0, 0.1) is 5.82 Å². The van der Waals surface area contributed by atoms with Crippen LogP contribution in [0.15, 0.2) is 30.6 Å². The number of hydrogen-bond donors (Lipinski definition) is 1. The molecule has 0 radical (unpaired) electrons. The zero-order valence-corrected chi connectivity index (χ0v) is 11.4. The van der Waals surface area contributed by atoms with Crippen LogP contribution in [-0.2, 0) is 12.8 Å². The number of anilines is 2. The molecule has 1 aromatic heterocycles. The Labute approximate surface area is 117 Å². The van der Waals surface area contributed by atoms with Gasteiger partial charge in [-0.15, -0.1) is 0 Å². The standard InChI is InChI=1S/C15H17FN4/c1-10(17)6-11-8-18-15(19-9-11)20-5-4-12-2-3-13(16)7-14(12)20/h2-3,7-10H,4-6,17H2,1H3. The summed E-state index contributed by atoms with van der Waals surface area (Å²) >= 11 is 0. The molecule has 1 unspecified atom stereocenters. The third-order valence-corrected chi connectivity index (χ3v) is 3.43. The number of rotatable bonds is 3. The second-order valence-electron chi connectivity index (χ2n) is 5.25. The maximum absolute atomic E-state index is 13.4. The van der Waals surface area contributed by atoms with Gasteiger partial charge in [0.1, 0.15) is 5.82 Å². The van der Waals surface area contributed by atoms with Gasteiger partial charge in [-0.25, -0.2) is 14.4 Å². The molecule has 0 aliphatic carbocycles. The molecular formula is C15H17FN4. The van der Waals surface area contributed by atoms with Crippen molar-refractivity contribution < 1.29 is 4.39 Å². The van der Waals surface area contributed by atoms with E-state index >= 15 is 0 Å². The van der Waals surface area contributed by atoms with Gasteiger partial charge < -0.3 is 10.6 Å². The summed E-state index contributed by atoms with van der Waals surface area (Å²) in [5.41, 5.74) is 8.77. The van der Waals surface area contributed by atoms with E-state index in [1.165, 1.54) is 6.07 Å². The van der Waals surface area contributed by atoms with Gasteiger partial charge in [0.25, 0.3) is 0 Å². The number of hydrogen-bond acceptors (Lipinski definition) is 4. The Morgan fingerprint density at radius 1 is 1.35 bits per heavy atom. The quantitative estimate of drug-likeness (QED) is 0.930. The lowest BCUT2D eigenvalue weighted by Gasteiger charge is -2.17. The van der Waals surface area contributed by atoms with Crippen molar-refractivity contribution in [3.05, 3.63) is 47.5 Å². The Bertz CT molecular complexity index is 610. The van der Waals surface area contributed by atoms with Crippen LogP contribution in [0.5, 0.6) is 0 Å². The van der Waals surface area contributed by atoms with E-state index in [4.69, 9.17) is 5.73 Å². The predicted octanol–water partition coefficient (Wildman–Crippen LogP) is 2.20. The summed E-state index contributed by atoms with van der Waals surface area (Å²) in [5.74, 6) is 0.381. The van der Waals surface area contributed by atoms with Crippen LogP contribution >= 0.6 is 0 Å². The van der Waals surface area contributed by atoms with Crippen LogP contribution in [0.3, 0.4) is 0 Å². The molecule has 2 heterocycles. The average Bonchev–Trinajstić information content (AvgIpc) is 2.82. The lowest BCUT2D eigenvalue weighted by molar-refractivity contribution is 0.628. The molecule has 5 heteroatoms. The van der Waals surface area contributed by atoms with Gasteiger partial charge in [-0.2, -0.15) is 0 Å². The van der Waals surface area contributed by atoms with Crippen molar-refractivity contribution in [1.82, 2.24) is 9.97 Å². The van der Waals surface area contributed by atoms with Crippen LogP contribution in [0.4, 0.5) is 16.0 Å². The summed E-state index contributed by atoms with van der Waals surface area (Å²) in [6, 6.07) is 4.96. The smallest absolute Gasteiger partial charge is 0.229 e. The maximum Gasteiger partial charge on any atom is 0.229 e. The van der Waals surface area contributed by atoms with Crippen molar-refractivity contribution in [2.75, 3.05) is 11.4 Å². The minimum absolute atomic E-state index is 0.0889. The molecule has 1 aliphatic rings. The van der Waals surface area contributed by atoms with Crippen molar-refractivity contribution in [2.24, 2.45) is 5.73 Å². The highest BCUT2D eigenvalue weighted by Crippen LogP contribution is 2.32. The summed E-state index contributed by atoms with van der Waals surface area (Å²) in [6.45, 7) is 2.73. The third kappa shape index (κ3) is 2.49. The second kappa shape index (κ2) is 5.17. The van der Waals surface area contributed by atoms with Crippen molar-refractivity contribution >= 4 is 11.6 Å². The number of aromatic nitrogens is 2. The molecule has 1 atom stereocenters. The van der Waals surface area contributed by atoms with Gasteiger partial charge in [0.15, 0.2) is 0 Å². The maximum atomic E-state index is 13.4. The summed E-state index contributed by atoms with van der Waals surface area (Å²) in [6.07, 6.45) is 5.23.